The summed E-state index contributed by atoms with van der Waals surface area (Å²) in [5.74, 6) is 0.488. The van der Waals surface area contributed by atoms with Crippen LogP contribution in [0, 0.1) is 6.92 Å². The van der Waals surface area contributed by atoms with E-state index in [0.29, 0.717) is 38.5 Å². The van der Waals surface area contributed by atoms with Crippen molar-refractivity contribution in [2.24, 2.45) is 7.05 Å². The van der Waals surface area contributed by atoms with Crippen LogP contribution in [-0.2, 0) is 19.2 Å². The molecule has 0 aliphatic heterocycles. The molecule has 7 heteroatoms. The number of benzene rings is 2. The van der Waals surface area contributed by atoms with Crippen LogP contribution in [0.2, 0.25) is 10.0 Å². The Bertz CT molecular complexity index is 1120. The van der Waals surface area contributed by atoms with E-state index >= 15 is 0 Å². The van der Waals surface area contributed by atoms with Gasteiger partial charge >= 0.3 is 0 Å². The lowest BCUT2D eigenvalue weighted by atomic mass is 10.0. The summed E-state index contributed by atoms with van der Waals surface area (Å²) < 4.78 is 1.59. The molecule has 1 heterocycles. The van der Waals surface area contributed by atoms with Crippen LogP contribution in [-0.4, -0.2) is 15.3 Å². The predicted octanol–water partition coefficient (Wildman–Crippen LogP) is 5.48. The number of rotatable bonds is 6. The molecular weight excluding hydrogens is 427 g/mol. The first-order chi connectivity index (χ1) is 13.8. The lowest BCUT2D eigenvalue weighted by Crippen LogP contribution is -2.25. The Morgan fingerprint density at radius 1 is 1.14 bits per heavy atom. The van der Waals surface area contributed by atoms with E-state index in [9.17, 15) is 9.59 Å². The summed E-state index contributed by atoms with van der Waals surface area (Å²) in [5, 5.41) is 1.50. The Kier molecular flexibility index (Phi) is 6.83. The fraction of sp³-hybridized carbons (Fsp3) is 0.227. The number of aryl methyl sites for hydroxylation is 1. The summed E-state index contributed by atoms with van der Waals surface area (Å²) in [7, 11) is 1.74. The average molecular weight is 447 g/mol. The Balaban J connectivity index is 1.75. The van der Waals surface area contributed by atoms with Crippen LogP contribution in [0.15, 0.2) is 52.4 Å². The largest absolute Gasteiger partial charge is 0.291 e. The van der Waals surface area contributed by atoms with Gasteiger partial charge in [0.05, 0.1) is 5.02 Å². The first kappa shape index (κ1) is 21.6. The van der Waals surface area contributed by atoms with Gasteiger partial charge in [-0.05, 0) is 37.1 Å². The van der Waals surface area contributed by atoms with Crippen LogP contribution in [0.1, 0.15) is 39.7 Å². The zero-order chi connectivity index (χ0) is 21.1. The van der Waals surface area contributed by atoms with Gasteiger partial charge in [0.2, 0.25) is 0 Å². The van der Waals surface area contributed by atoms with Gasteiger partial charge in [-0.25, -0.2) is 4.98 Å². The van der Waals surface area contributed by atoms with Gasteiger partial charge in [-0.15, -0.1) is 0 Å². The minimum atomic E-state index is -0.152. The zero-order valence-corrected chi connectivity index (χ0v) is 18.7. The van der Waals surface area contributed by atoms with Gasteiger partial charge in [-0.3, -0.25) is 14.2 Å². The number of halogens is 2. The zero-order valence-electron chi connectivity index (χ0n) is 16.3. The quantitative estimate of drug-likeness (QED) is 0.285. The number of hydrogen-bond acceptors (Lipinski definition) is 4. The molecule has 0 N–H and O–H groups in total. The standard InChI is InChI=1S/C22H20Cl2N2O2S/c1-4-17-13(2)25-22(26(3)21(17)28)29-12-14-5-7-15(8-6-14)20(27)18-10-9-16(23)11-19(18)24/h5-11H,4,12H2,1-3H3. The monoisotopic (exact) mass is 446 g/mol. The van der Waals surface area contributed by atoms with Gasteiger partial charge < -0.3 is 0 Å². The fourth-order valence-electron chi connectivity index (χ4n) is 3.00. The summed E-state index contributed by atoms with van der Waals surface area (Å²) in [6.45, 7) is 3.82. The molecule has 0 radical (unpaired) electrons. The minimum Gasteiger partial charge on any atom is -0.291 e. The number of nitrogens with zero attached hydrogens (tertiary/aromatic N) is 2. The van der Waals surface area contributed by atoms with Gasteiger partial charge in [-0.2, -0.15) is 0 Å². The molecule has 0 fully saturated rings. The van der Waals surface area contributed by atoms with Gasteiger partial charge in [0.1, 0.15) is 0 Å². The van der Waals surface area contributed by atoms with Crippen molar-refractivity contribution in [1.29, 1.82) is 0 Å². The van der Waals surface area contributed by atoms with E-state index in [2.05, 4.69) is 4.98 Å². The van der Waals surface area contributed by atoms with Crippen LogP contribution in [0.5, 0.6) is 0 Å². The highest BCUT2D eigenvalue weighted by Gasteiger charge is 2.14. The molecule has 0 atom stereocenters. The van der Waals surface area contributed by atoms with Crippen LogP contribution in [0.25, 0.3) is 0 Å². The maximum Gasteiger partial charge on any atom is 0.257 e. The smallest absolute Gasteiger partial charge is 0.257 e. The molecule has 0 spiro atoms. The highest BCUT2D eigenvalue weighted by molar-refractivity contribution is 7.98. The predicted molar refractivity (Wildman–Crippen MR) is 119 cm³/mol. The molecule has 0 aliphatic rings. The van der Waals surface area contributed by atoms with Crippen molar-refractivity contribution in [3.05, 3.63) is 90.8 Å². The molecule has 0 aliphatic carbocycles. The Morgan fingerprint density at radius 2 is 1.83 bits per heavy atom. The van der Waals surface area contributed by atoms with Crippen molar-refractivity contribution < 1.29 is 4.79 Å². The van der Waals surface area contributed by atoms with E-state index in [1.54, 1.807) is 41.9 Å². The summed E-state index contributed by atoms with van der Waals surface area (Å²) >= 11 is 13.5. The van der Waals surface area contributed by atoms with E-state index in [1.165, 1.54) is 11.8 Å². The summed E-state index contributed by atoms with van der Waals surface area (Å²) in [6, 6.07) is 12.2. The second kappa shape index (κ2) is 9.16. The molecule has 0 bridgehead atoms. The van der Waals surface area contributed by atoms with Gasteiger partial charge in [0, 0.05) is 40.2 Å². The van der Waals surface area contributed by atoms with Crippen LogP contribution in [0.3, 0.4) is 0 Å². The highest BCUT2D eigenvalue weighted by Crippen LogP contribution is 2.25. The molecule has 3 aromatic rings. The van der Waals surface area contributed by atoms with Crippen molar-refractivity contribution >= 4 is 40.7 Å². The first-order valence-corrected chi connectivity index (χ1v) is 10.8. The van der Waals surface area contributed by atoms with Crippen molar-refractivity contribution in [3.8, 4) is 0 Å². The third-order valence-corrected chi connectivity index (χ3v) is 6.31. The number of ketones is 1. The van der Waals surface area contributed by atoms with Crippen molar-refractivity contribution in [2.45, 2.75) is 31.2 Å². The second-order valence-electron chi connectivity index (χ2n) is 6.61. The normalized spacial score (nSPS) is 10.9. The van der Waals surface area contributed by atoms with Gasteiger partial charge in [0.25, 0.3) is 5.56 Å². The average Bonchev–Trinajstić information content (AvgIpc) is 2.70. The highest BCUT2D eigenvalue weighted by atomic mass is 35.5. The Labute approximate surface area is 183 Å². The molecule has 29 heavy (non-hydrogen) atoms. The van der Waals surface area contributed by atoms with E-state index in [-0.39, 0.29) is 11.3 Å². The lowest BCUT2D eigenvalue weighted by Gasteiger charge is -2.11. The molecule has 1 aromatic heterocycles. The number of thioether (sulfide) groups is 1. The molecule has 0 amide bonds. The molecule has 0 saturated heterocycles. The van der Waals surface area contributed by atoms with E-state index in [1.807, 2.05) is 26.0 Å². The summed E-state index contributed by atoms with van der Waals surface area (Å²) in [6.07, 6.45) is 0.670. The Hall–Kier alpha value is -2.08. The van der Waals surface area contributed by atoms with Crippen LogP contribution in [0.4, 0.5) is 0 Å². The van der Waals surface area contributed by atoms with Crippen molar-refractivity contribution in [1.82, 2.24) is 9.55 Å². The van der Waals surface area contributed by atoms with Crippen molar-refractivity contribution in [2.75, 3.05) is 0 Å². The number of carbonyl (C=O) groups excluding carboxylic acids is 1. The molecule has 2 aromatic carbocycles. The van der Waals surface area contributed by atoms with E-state index < -0.39 is 0 Å². The fourth-order valence-corrected chi connectivity index (χ4v) is 4.46. The molecule has 150 valence electrons. The number of aromatic nitrogens is 2. The van der Waals surface area contributed by atoms with Gasteiger partial charge in [0.15, 0.2) is 10.9 Å². The molecular formula is C22H20Cl2N2O2S. The molecule has 3 rings (SSSR count). The van der Waals surface area contributed by atoms with E-state index in [0.717, 1.165) is 16.8 Å². The number of carbonyl (C=O) groups is 1. The van der Waals surface area contributed by atoms with Crippen LogP contribution >= 0.6 is 35.0 Å². The number of hydrogen-bond donors (Lipinski definition) is 0. The SMILES string of the molecule is CCc1c(C)nc(SCc2ccc(C(=O)c3ccc(Cl)cc3Cl)cc2)n(C)c1=O. The van der Waals surface area contributed by atoms with Gasteiger partial charge in [-0.1, -0.05) is 66.2 Å². The summed E-state index contributed by atoms with van der Waals surface area (Å²) in [4.78, 5) is 29.6. The van der Waals surface area contributed by atoms with Crippen LogP contribution < -0.4 is 5.56 Å². The first-order valence-electron chi connectivity index (χ1n) is 9.09. The third kappa shape index (κ3) is 4.74. The second-order valence-corrected chi connectivity index (χ2v) is 8.40. The molecule has 0 saturated carbocycles. The third-order valence-electron chi connectivity index (χ3n) is 4.66. The topological polar surface area (TPSA) is 52.0 Å². The molecule has 4 nitrogen and oxygen atoms in total. The summed E-state index contributed by atoms with van der Waals surface area (Å²) in [5.41, 5.74) is 3.53. The molecule has 0 unspecified atom stereocenters. The maximum atomic E-state index is 12.7. The van der Waals surface area contributed by atoms with Crippen molar-refractivity contribution in [3.63, 3.8) is 0 Å². The minimum absolute atomic E-state index is 0.00304. The Morgan fingerprint density at radius 3 is 2.45 bits per heavy atom. The maximum absolute atomic E-state index is 12.7. The lowest BCUT2D eigenvalue weighted by molar-refractivity contribution is 0.103. The van der Waals surface area contributed by atoms with E-state index in [4.69, 9.17) is 23.2 Å².